The maximum atomic E-state index is 5.21. The Hall–Kier alpha value is 1.99. The predicted molar refractivity (Wildman–Crippen MR) is 29.5 cm³/mol. The summed E-state index contributed by atoms with van der Waals surface area (Å²) in [5.41, 5.74) is 1.00. The minimum Gasteiger partial charge on any atom is -1.00 e. The summed E-state index contributed by atoms with van der Waals surface area (Å²) in [6.07, 6.45) is 1.00. The third kappa shape index (κ3) is 40.1. The molecule has 4 heteroatoms. The zero-order valence-corrected chi connectivity index (χ0v) is 11.1. The number of hydrogen-bond donors (Lipinski definition) is 0. The molecule has 0 rings (SSSR count). The number of allylic oxidation sites excluding steroid dienone is 1. The van der Waals surface area contributed by atoms with Crippen molar-refractivity contribution < 1.29 is 51.0 Å². The number of hydrogen-bond acceptors (Lipinski definition) is 0. The Kier molecular flexibility index (Phi) is 76.4. The second kappa shape index (κ2) is 22.5. The standard InChI is InChI=1S/C5H9.2BrH.Cu.Mg/c1-4-5(2)3;;;;/h2H,4H2,1,3H3;2*1H;;/q-1;;;+1;+2/p-2. The normalized spacial score (nSPS) is 4.22. The Morgan fingerprint density at radius 1 is 1.33 bits per heavy atom. The fourth-order valence-electron chi connectivity index (χ4n) is 0. The van der Waals surface area contributed by atoms with Crippen LogP contribution in [-0.2, 0) is 17.1 Å². The summed E-state index contributed by atoms with van der Waals surface area (Å²) < 4.78 is 0. The Morgan fingerprint density at radius 3 is 1.44 bits per heavy atom. The van der Waals surface area contributed by atoms with Crippen molar-refractivity contribution in [3.63, 3.8) is 0 Å². The van der Waals surface area contributed by atoms with Crippen molar-refractivity contribution in [1.29, 1.82) is 0 Å². The van der Waals surface area contributed by atoms with Gasteiger partial charge in [-0.05, 0) is 0 Å². The molecule has 0 aliphatic rings. The van der Waals surface area contributed by atoms with Crippen molar-refractivity contribution in [3.05, 3.63) is 12.2 Å². The third-order valence-corrected chi connectivity index (χ3v) is 0.558. The van der Waals surface area contributed by atoms with Crippen LogP contribution >= 0.6 is 0 Å². The minimum atomic E-state index is 0. The van der Waals surface area contributed by atoms with Crippen molar-refractivity contribution >= 4 is 23.1 Å². The van der Waals surface area contributed by atoms with Gasteiger partial charge < -0.3 is 40.5 Å². The van der Waals surface area contributed by atoms with Crippen molar-refractivity contribution in [3.8, 4) is 0 Å². The second-order valence-corrected chi connectivity index (χ2v) is 1.20. The Morgan fingerprint density at radius 2 is 1.44 bits per heavy atom. The van der Waals surface area contributed by atoms with E-state index in [1.54, 1.807) is 0 Å². The molecule has 0 radical (unpaired) electrons. The van der Waals surface area contributed by atoms with Gasteiger partial charge in [-0.3, -0.25) is 5.57 Å². The molecular formula is C5H9Br2CuMg. The molecule has 0 heterocycles. The first-order valence-electron chi connectivity index (χ1n) is 1.85. The van der Waals surface area contributed by atoms with Gasteiger partial charge in [0.25, 0.3) is 0 Å². The van der Waals surface area contributed by atoms with Crippen LogP contribution in [0.3, 0.4) is 0 Å². The first-order valence-corrected chi connectivity index (χ1v) is 1.85. The molecule has 0 spiro atoms. The van der Waals surface area contributed by atoms with Crippen LogP contribution in [0.2, 0.25) is 0 Å². The molecule has 0 nitrogen and oxygen atoms in total. The largest absolute Gasteiger partial charge is 2.00 e. The van der Waals surface area contributed by atoms with Gasteiger partial charge in [0.05, 0.1) is 0 Å². The molecule has 0 saturated heterocycles. The summed E-state index contributed by atoms with van der Waals surface area (Å²) in [6.45, 7) is 9.16. The molecule has 9 heavy (non-hydrogen) atoms. The molecular weight excluding hydrogens is 308 g/mol. The average molecular weight is 317 g/mol. The molecule has 0 aliphatic heterocycles. The van der Waals surface area contributed by atoms with Crippen LogP contribution in [0.5, 0.6) is 0 Å². The van der Waals surface area contributed by atoms with E-state index >= 15 is 0 Å². The second-order valence-electron chi connectivity index (χ2n) is 1.20. The fourth-order valence-corrected chi connectivity index (χ4v) is 0. The quantitative estimate of drug-likeness (QED) is 0.337. The molecule has 0 aliphatic carbocycles. The number of halogens is 2. The molecule has 0 aromatic rings. The molecule has 0 fully saturated rings. The van der Waals surface area contributed by atoms with Crippen molar-refractivity contribution in [1.82, 2.24) is 0 Å². The van der Waals surface area contributed by atoms with Gasteiger partial charge in [-0.1, -0.05) is 20.3 Å². The van der Waals surface area contributed by atoms with E-state index in [9.17, 15) is 0 Å². The van der Waals surface area contributed by atoms with Crippen LogP contribution in [-0.4, -0.2) is 23.1 Å². The minimum absolute atomic E-state index is 0. The van der Waals surface area contributed by atoms with E-state index in [0.29, 0.717) is 0 Å². The molecule has 0 saturated carbocycles. The fraction of sp³-hybridized carbons (Fsp3) is 0.600. The zero-order valence-electron chi connectivity index (χ0n) is 5.55. The van der Waals surface area contributed by atoms with Crippen LogP contribution in [0.4, 0.5) is 0 Å². The summed E-state index contributed by atoms with van der Waals surface area (Å²) in [4.78, 5) is 0. The molecule has 0 amide bonds. The topological polar surface area (TPSA) is 0 Å². The first-order chi connectivity index (χ1) is 2.27. The first kappa shape index (κ1) is 30.6. The summed E-state index contributed by atoms with van der Waals surface area (Å²) >= 11 is 0. The van der Waals surface area contributed by atoms with E-state index in [0.717, 1.165) is 12.0 Å². The Balaban J connectivity index is -0.0000000133. The van der Waals surface area contributed by atoms with Gasteiger partial charge in [-0.25, -0.2) is 0 Å². The van der Waals surface area contributed by atoms with Crippen LogP contribution in [0.1, 0.15) is 20.3 Å². The van der Waals surface area contributed by atoms with Gasteiger partial charge in [0.2, 0.25) is 0 Å². The Labute approximate surface area is 105 Å². The summed E-state index contributed by atoms with van der Waals surface area (Å²) in [6, 6.07) is 0. The molecule has 0 aromatic carbocycles. The summed E-state index contributed by atoms with van der Waals surface area (Å²) in [5.74, 6) is 0. The zero-order chi connectivity index (χ0) is 4.28. The van der Waals surface area contributed by atoms with Crippen LogP contribution in [0.25, 0.3) is 0 Å². The monoisotopic (exact) mass is 314 g/mol. The average Bonchev–Trinajstić information content (AvgIpc) is 1.38. The van der Waals surface area contributed by atoms with Crippen LogP contribution in [0, 0.1) is 6.58 Å². The molecule has 0 N–H and O–H groups in total. The van der Waals surface area contributed by atoms with Gasteiger partial charge in [0, 0.05) is 0 Å². The summed E-state index contributed by atoms with van der Waals surface area (Å²) in [5, 5.41) is 0. The van der Waals surface area contributed by atoms with Crippen molar-refractivity contribution in [2.75, 3.05) is 0 Å². The van der Waals surface area contributed by atoms with Gasteiger partial charge in [0.15, 0.2) is 0 Å². The van der Waals surface area contributed by atoms with E-state index in [4.69, 9.17) is 6.58 Å². The Bertz CT molecular complexity index is 50.2. The van der Waals surface area contributed by atoms with Gasteiger partial charge in [-0.2, -0.15) is 0 Å². The van der Waals surface area contributed by atoms with Gasteiger partial charge in [0.1, 0.15) is 0 Å². The van der Waals surface area contributed by atoms with Crippen molar-refractivity contribution in [2.45, 2.75) is 20.3 Å². The van der Waals surface area contributed by atoms with E-state index < -0.39 is 0 Å². The number of rotatable bonds is 1. The predicted octanol–water partition coefficient (Wildman–Crippen LogP) is -4.60. The molecule has 0 aromatic heterocycles. The summed E-state index contributed by atoms with van der Waals surface area (Å²) in [7, 11) is 0. The van der Waals surface area contributed by atoms with Crippen LogP contribution < -0.4 is 34.0 Å². The van der Waals surface area contributed by atoms with Gasteiger partial charge >= 0.3 is 40.1 Å². The van der Waals surface area contributed by atoms with Crippen molar-refractivity contribution in [2.24, 2.45) is 0 Å². The maximum absolute atomic E-state index is 5.21. The molecule has 0 unspecified atom stereocenters. The molecule has 0 atom stereocenters. The smallest absolute Gasteiger partial charge is 1.00 e. The molecule has 0 bridgehead atoms. The van der Waals surface area contributed by atoms with E-state index in [-0.39, 0.29) is 74.1 Å². The molecule has 56 valence electrons. The third-order valence-electron chi connectivity index (χ3n) is 0.558. The maximum Gasteiger partial charge on any atom is 2.00 e. The van der Waals surface area contributed by atoms with E-state index in [1.165, 1.54) is 0 Å². The SMILES string of the molecule is [Br-].[Br-].[CH-]=C(C)CC.[Cu+].[Mg+2]. The van der Waals surface area contributed by atoms with E-state index in [2.05, 4.69) is 0 Å². The van der Waals surface area contributed by atoms with E-state index in [1.807, 2.05) is 13.8 Å². The van der Waals surface area contributed by atoms with Crippen LogP contribution in [0.15, 0.2) is 5.57 Å². The van der Waals surface area contributed by atoms with Gasteiger partial charge in [-0.15, -0.1) is 0 Å².